The van der Waals surface area contributed by atoms with Crippen molar-refractivity contribution in [1.82, 2.24) is 0 Å². The molecule has 0 unspecified atom stereocenters. The lowest BCUT2D eigenvalue weighted by atomic mass is 10.3. The first kappa shape index (κ1) is 11.2. The van der Waals surface area contributed by atoms with E-state index in [9.17, 15) is 22.1 Å². The van der Waals surface area contributed by atoms with Gasteiger partial charge in [-0.15, -0.1) is 0 Å². The van der Waals surface area contributed by atoms with E-state index in [0.717, 1.165) is 0 Å². The Bertz CT molecular complexity index is 428. The molecule has 0 amide bonds. The maximum Gasteiger partial charge on any atom is 0.359 e. The molecule has 0 aliphatic heterocycles. The summed E-state index contributed by atoms with van der Waals surface area (Å²) in [6.45, 7) is 0. The molecule has 2 N–H and O–H groups in total. The summed E-state index contributed by atoms with van der Waals surface area (Å²) >= 11 is 0. The molecule has 0 radical (unpaired) electrons. The van der Waals surface area contributed by atoms with Crippen molar-refractivity contribution in [2.75, 3.05) is 0 Å². The largest absolute Gasteiger partial charge is 0.359 e. The van der Waals surface area contributed by atoms with Crippen molar-refractivity contribution in [2.45, 2.75) is 0 Å². The summed E-state index contributed by atoms with van der Waals surface area (Å²) in [5, 5.41) is -1.51. The Morgan fingerprint density at radius 3 is 1.93 bits per heavy atom. The summed E-state index contributed by atoms with van der Waals surface area (Å²) in [4.78, 5) is 16.8. The fourth-order valence-electron chi connectivity index (χ4n) is 0.772. The molecule has 8 heteroatoms. The number of benzene rings is 1. The Balaban J connectivity index is 3.57. The molecule has 1 aromatic carbocycles. The lowest BCUT2D eigenvalue weighted by Gasteiger charge is -2.06. The average Bonchev–Trinajstić information content (AvgIpc) is 2.06. The zero-order valence-corrected chi connectivity index (χ0v) is 7.23. The number of rotatable bonds is 1. The van der Waals surface area contributed by atoms with Gasteiger partial charge in [0, 0.05) is 0 Å². The molecule has 0 aliphatic carbocycles. The van der Waals surface area contributed by atoms with Crippen LogP contribution in [0.1, 0.15) is 0 Å². The van der Waals surface area contributed by atoms with Crippen molar-refractivity contribution in [3.8, 4) is 0 Å². The first-order valence-corrected chi connectivity index (χ1v) is 4.75. The van der Waals surface area contributed by atoms with Crippen molar-refractivity contribution >= 4 is 12.9 Å². The van der Waals surface area contributed by atoms with Crippen LogP contribution in [0.4, 0.5) is 17.6 Å². The van der Waals surface area contributed by atoms with Crippen molar-refractivity contribution in [3.05, 3.63) is 29.3 Å². The quantitative estimate of drug-likeness (QED) is 0.328. The van der Waals surface area contributed by atoms with Crippen LogP contribution in [-0.2, 0) is 4.57 Å². The van der Waals surface area contributed by atoms with Crippen molar-refractivity contribution in [2.24, 2.45) is 0 Å². The zero-order valence-electron chi connectivity index (χ0n) is 6.34. The van der Waals surface area contributed by atoms with Gasteiger partial charge in [0.15, 0.2) is 23.3 Å². The highest BCUT2D eigenvalue weighted by Crippen LogP contribution is 2.35. The van der Waals surface area contributed by atoms with Crippen LogP contribution in [-0.4, -0.2) is 9.79 Å². The van der Waals surface area contributed by atoms with Gasteiger partial charge in [0.25, 0.3) is 0 Å². The van der Waals surface area contributed by atoms with Crippen molar-refractivity contribution < 1.29 is 31.9 Å². The van der Waals surface area contributed by atoms with Gasteiger partial charge in [-0.25, -0.2) is 17.6 Å². The summed E-state index contributed by atoms with van der Waals surface area (Å²) in [6, 6.07) is -0.0749. The van der Waals surface area contributed by atoms with Gasteiger partial charge < -0.3 is 9.79 Å². The first-order chi connectivity index (χ1) is 6.25. The number of hydrogen-bond acceptors (Lipinski definition) is 1. The lowest BCUT2D eigenvalue weighted by Crippen LogP contribution is -2.15. The van der Waals surface area contributed by atoms with Crippen LogP contribution in [0.25, 0.3) is 0 Å². The predicted octanol–water partition coefficient (Wildman–Crippen LogP) is 1.05. The van der Waals surface area contributed by atoms with E-state index in [-0.39, 0.29) is 6.07 Å². The third kappa shape index (κ3) is 1.79. The van der Waals surface area contributed by atoms with Crippen LogP contribution in [0.2, 0.25) is 0 Å². The van der Waals surface area contributed by atoms with Crippen LogP contribution in [0.3, 0.4) is 0 Å². The van der Waals surface area contributed by atoms with E-state index < -0.39 is 36.2 Å². The molecule has 0 heterocycles. The standard InChI is InChI=1S/C6H3F4O3P/c7-2-1-3(14(11,12)13)5(9)6(10)4(2)8/h1H,(H2,11,12,13). The average molecular weight is 230 g/mol. The molecular formula is C6H3F4O3P. The Hall–Kier alpha value is -0.910. The van der Waals surface area contributed by atoms with Gasteiger partial charge in [-0.05, 0) is 6.07 Å². The topological polar surface area (TPSA) is 57.5 Å². The molecule has 0 atom stereocenters. The zero-order chi connectivity index (χ0) is 11.1. The minimum Gasteiger partial charge on any atom is -0.321 e. The van der Waals surface area contributed by atoms with Gasteiger partial charge in [0.2, 0.25) is 0 Å². The predicted molar refractivity (Wildman–Crippen MR) is 38.0 cm³/mol. The van der Waals surface area contributed by atoms with Gasteiger partial charge in [-0.1, -0.05) is 0 Å². The molecule has 1 aromatic rings. The molecule has 3 nitrogen and oxygen atoms in total. The maximum absolute atomic E-state index is 12.7. The summed E-state index contributed by atoms with van der Waals surface area (Å²) in [5.41, 5.74) is 0. The van der Waals surface area contributed by atoms with Crippen LogP contribution in [0.5, 0.6) is 0 Å². The number of hydrogen-bond donors (Lipinski definition) is 2. The molecule has 0 aromatic heterocycles. The smallest absolute Gasteiger partial charge is 0.321 e. The van der Waals surface area contributed by atoms with Gasteiger partial charge >= 0.3 is 7.60 Å². The second kappa shape index (κ2) is 3.34. The molecule has 0 spiro atoms. The van der Waals surface area contributed by atoms with E-state index in [1.807, 2.05) is 0 Å². The summed E-state index contributed by atoms with van der Waals surface area (Å²) in [5.74, 6) is -8.30. The van der Waals surface area contributed by atoms with E-state index in [0.29, 0.717) is 0 Å². The normalized spacial score (nSPS) is 11.9. The van der Waals surface area contributed by atoms with Crippen molar-refractivity contribution in [1.29, 1.82) is 0 Å². The SMILES string of the molecule is O=P(O)(O)c1cc(F)c(F)c(F)c1F. The highest BCUT2D eigenvalue weighted by Gasteiger charge is 2.29. The van der Waals surface area contributed by atoms with Gasteiger partial charge in [-0.2, -0.15) is 0 Å². The van der Waals surface area contributed by atoms with E-state index in [2.05, 4.69) is 0 Å². The fraction of sp³-hybridized carbons (Fsp3) is 0. The van der Waals surface area contributed by atoms with Crippen LogP contribution in [0, 0.1) is 23.3 Å². The van der Waals surface area contributed by atoms with E-state index >= 15 is 0 Å². The first-order valence-electron chi connectivity index (χ1n) is 3.14. The highest BCUT2D eigenvalue weighted by atomic mass is 31.2. The summed E-state index contributed by atoms with van der Waals surface area (Å²) in [7, 11) is -5.15. The molecule has 0 bridgehead atoms. The van der Waals surface area contributed by atoms with E-state index in [1.54, 1.807) is 0 Å². The van der Waals surface area contributed by atoms with Gasteiger partial charge in [0.05, 0.1) is 0 Å². The molecule has 0 saturated heterocycles. The minimum atomic E-state index is -5.15. The Kier molecular flexibility index (Phi) is 2.67. The summed E-state index contributed by atoms with van der Waals surface area (Å²) < 4.78 is 60.3. The van der Waals surface area contributed by atoms with Crippen molar-refractivity contribution in [3.63, 3.8) is 0 Å². The molecule has 14 heavy (non-hydrogen) atoms. The van der Waals surface area contributed by atoms with Crippen LogP contribution in [0.15, 0.2) is 6.07 Å². The molecular weight excluding hydrogens is 227 g/mol. The third-order valence-electron chi connectivity index (χ3n) is 1.40. The lowest BCUT2D eigenvalue weighted by molar-refractivity contribution is 0.378. The summed E-state index contributed by atoms with van der Waals surface area (Å²) in [6.07, 6.45) is 0. The van der Waals surface area contributed by atoms with E-state index in [4.69, 9.17) is 9.79 Å². The highest BCUT2D eigenvalue weighted by molar-refractivity contribution is 7.60. The molecule has 0 saturated carbocycles. The Labute approximate surface area is 75.1 Å². The van der Waals surface area contributed by atoms with Gasteiger partial charge in [-0.3, -0.25) is 4.57 Å². The molecule has 0 aliphatic rings. The van der Waals surface area contributed by atoms with E-state index in [1.165, 1.54) is 0 Å². The fourth-order valence-corrected chi connectivity index (χ4v) is 1.41. The Morgan fingerprint density at radius 1 is 1.00 bits per heavy atom. The molecule has 78 valence electrons. The Morgan fingerprint density at radius 2 is 1.50 bits per heavy atom. The minimum absolute atomic E-state index is 0.0749. The van der Waals surface area contributed by atoms with Gasteiger partial charge in [0.1, 0.15) is 5.30 Å². The van der Waals surface area contributed by atoms with Crippen LogP contribution < -0.4 is 5.30 Å². The van der Waals surface area contributed by atoms with Crippen LogP contribution >= 0.6 is 7.60 Å². The second-order valence-electron chi connectivity index (χ2n) is 2.36. The molecule has 0 fully saturated rings. The third-order valence-corrected chi connectivity index (χ3v) is 2.35. The number of halogens is 4. The monoisotopic (exact) mass is 230 g/mol. The molecule has 1 rings (SSSR count). The maximum atomic E-state index is 12.7. The second-order valence-corrected chi connectivity index (χ2v) is 3.93.